The van der Waals surface area contributed by atoms with Crippen LogP contribution in [0.4, 0.5) is 17.5 Å². The molecule has 0 amide bonds. The number of pyridine rings is 1. The lowest BCUT2D eigenvalue weighted by molar-refractivity contribution is 1.06. The number of nitrogens with zero attached hydrogens (tertiary/aromatic N) is 3. The van der Waals surface area contributed by atoms with Crippen LogP contribution in [0, 0.1) is 6.92 Å². The molecule has 2 N–H and O–H groups in total. The highest BCUT2D eigenvalue weighted by Gasteiger charge is 2.22. The number of hydrogen-bond donors (Lipinski definition) is 2. The molecule has 0 bridgehead atoms. The molecule has 1 aliphatic carbocycles. The van der Waals surface area contributed by atoms with E-state index in [2.05, 4.69) is 25.6 Å². The van der Waals surface area contributed by atoms with Crippen LogP contribution in [0.2, 0.25) is 5.02 Å². The molecule has 3 aromatic rings. The smallest absolute Gasteiger partial charge is 0.225 e. The molecule has 4 rings (SSSR count). The third-order valence-corrected chi connectivity index (χ3v) is 4.29. The minimum Gasteiger partial charge on any atom is -0.351 e. The monoisotopic (exact) mass is 351 g/mol. The molecule has 126 valence electrons. The van der Waals surface area contributed by atoms with Crippen LogP contribution in [0.1, 0.15) is 18.4 Å². The standard InChI is InChI=1S/C19H18ClN5/c1-12-4-5-14(20)9-16(12)23-18-10-17(13-3-2-8-21-11-13)24-19(25-18)22-15-6-7-15/h2-5,8-11,15H,6-7H2,1H3,(H2,22,23,24,25). The van der Waals surface area contributed by atoms with Crippen LogP contribution in [0.15, 0.2) is 48.8 Å². The van der Waals surface area contributed by atoms with Crippen molar-refractivity contribution in [2.24, 2.45) is 0 Å². The van der Waals surface area contributed by atoms with E-state index in [-0.39, 0.29) is 0 Å². The highest BCUT2D eigenvalue weighted by atomic mass is 35.5. The van der Waals surface area contributed by atoms with E-state index < -0.39 is 0 Å². The molecule has 2 heterocycles. The zero-order valence-electron chi connectivity index (χ0n) is 13.8. The molecular formula is C19H18ClN5. The van der Waals surface area contributed by atoms with Crippen molar-refractivity contribution in [3.8, 4) is 11.3 Å². The first-order valence-electron chi connectivity index (χ1n) is 8.26. The molecule has 1 saturated carbocycles. The highest BCUT2D eigenvalue weighted by Crippen LogP contribution is 2.28. The van der Waals surface area contributed by atoms with E-state index in [0.29, 0.717) is 17.0 Å². The topological polar surface area (TPSA) is 62.7 Å². The predicted octanol–water partition coefficient (Wildman–Crippen LogP) is 4.82. The molecule has 0 aliphatic heterocycles. The van der Waals surface area contributed by atoms with Crippen molar-refractivity contribution in [2.45, 2.75) is 25.8 Å². The number of aryl methyl sites for hydroxylation is 1. The van der Waals surface area contributed by atoms with E-state index in [1.165, 1.54) is 0 Å². The number of nitrogens with one attached hydrogen (secondary N) is 2. The highest BCUT2D eigenvalue weighted by molar-refractivity contribution is 6.30. The maximum absolute atomic E-state index is 6.13. The van der Waals surface area contributed by atoms with Crippen molar-refractivity contribution in [2.75, 3.05) is 10.6 Å². The molecule has 6 heteroatoms. The Hall–Kier alpha value is -2.66. The number of benzene rings is 1. The summed E-state index contributed by atoms with van der Waals surface area (Å²) >= 11 is 6.13. The molecule has 0 atom stereocenters. The molecule has 0 unspecified atom stereocenters. The average molecular weight is 352 g/mol. The summed E-state index contributed by atoms with van der Waals surface area (Å²) in [6.45, 7) is 2.03. The Morgan fingerprint density at radius 1 is 1.12 bits per heavy atom. The zero-order valence-corrected chi connectivity index (χ0v) is 14.6. The molecule has 0 radical (unpaired) electrons. The van der Waals surface area contributed by atoms with E-state index >= 15 is 0 Å². The second kappa shape index (κ2) is 6.69. The summed E-state index contributed by atoms with van der Waals surface area (Å²) in [7, 11) is 0. The van der Waals surface area contributed by atoms with Gasteiger partial charge in [-0.1, -0.05) is 17.7 Å². The van der Waals surface area contributed by atoms with Crippen molar-refractivity contribution < 1.29 is 0 Å². The Morgan fingerprint density at radius 2 is 2.00 bits per heavy atom. The van der Waals surface area contributed by atoms with Crippen molar-refractivity contribution in [3.63, 3.8) is 0 Å². The van der Waals surface area contributed by atoms with E-state index in [9.17, 15) is 0 Å². The first kappa shape index (κ1) is 15.8. The van der Waals surface area contributed by atoms with Crippen LogP contribution in [-0.2, 0) is 0 Å². The van der Waals surface area contributed by atoms with E-state index in [1.807, 2.05) is 43.3 Å². The van der Waals surface area contributed by atoms with E-state index in [0.717, 1.165) is 41.2 Å². The van der Waals surface area contributed by atoms with Crippen LogP contribution in [0.25, 0.3) is 11.3 Å². The van der Waals surface area contributed by atoms with Gasteiger partial charge in [-0.3, -0.25) is 4.98 Å². The van der Waals surface area contributed by atoms with E-state index in [1.54, 1.807) is 12.4 Å². The maximum Gasteiger partial charge on any atom is 0.225 e. The van der Waals surface area contributed by atoms with Gasteiger partial charge in [-0.2, -0.15) is 4.98 Å². The second-order valence-corrected chi connectivity index (χ2v) is 6.64. The van der Waals surface area contributed by atoms with Gasteiger partial charge in [-0.25, -0.2) is 4.98 Å². The molecule has 5 nitrogen and oxygen atoms in total. The Labute approximate surface area is 151 Å². The normalized spacial score (nSPS) is 13.5. The average Bonchev–Trinajstić information content (AvgIpc) is 3.43. The molecular weight excluding hydrogens is 334 g/mol. The van der Waals surface area contributed by atoms with Gasteiger partial charge in [0.2, 0.25) is 5.95 Å². The number of anilines is 3. The molecule has 1 aromatic carbocycles. The molecule has 0 saturated heterocycles. The van der Waals surface area contributed by atoms with E-state index in [4.69, 9.17) is 11.6 Å². The fraction of sp³-hybridized carbons (Fsp3) is 0.211. The summed E-state index contributed by atoms with van der Waals surface area (Å²) in [5.74, 6) is 1.36. The van der Waals surface area contributed by atoms with Gasteiger partial charge in [0.25, 0.3) is 0 Å². The number of hydrogen-bond acceptors (Lipinski definition) is 5. The minimum atomic E-state index is 0.477. The van der Waals surface area contributed by atoms with Crippen LogP contribution in [0.3, 0.4) is 0 Å². The summed E-state index contributed by atoms with van der Waals surface area (Å²) < 4.78 is 0. The summed E-state index contributed by atoms with van der Waals surface area (Å²) in [4.78, 5) is 13.4. The van der Waals surface area contributed by atoms with Gasteiger partial charge in [-0.15, -0.1) is 0 Å². The van der Waals surface area contributed by atoms with Gasteiger partial charge in [0, 0.05) is 40.8 Å². The number of aromatic nitrogens is 3. The van der Waals surface area contributed by atoms with Crippen molar-refractivity contribution >= 4 is 29.1 Å². The quantitative estimate of drug-likeness (QED) is 0.690. The Bertz CT molecular complexity index is 894. The van der Waals surface area contributed by atoms with Gasteiger partial charge >= 0.3 is 0 Å². The first-order chi connectivity index (χ1) is 12.2. The van der Waals surface area contributed by atoms with Crippen molar-refractivity contribution in [1.29, 1.82) is 0 Å². The fourth-order valence-electron chi connectivity index (χ4n) is 2.52. The van der Waals surface area contributed by atoms with Gasteiger partial charge in [0.05, 0.1) is 5.69 Å². The maximum atomic E-state index is 6.13. The summed E-state index contributed by atoms with van der Waals surface area (Å²) in [5, 5.41) is 7.42. The van der Waals surface area contributed by atoms with Crippen LogP contribution >= 0.6 is 11.6 Å². The Balaban J connectivity index is 1.71. The lowest BCUT2D eigenvalue weighted by Crippen LogP contribution is -2.08. The lowest BCUT2D eigenvalue weighted by atomic mass is 10.2. The van der Waals surface area contributed by atoms with Crippen molar-refractivity contribution in [1.82, 2.24) is 15.0 Å². The lowest BCUT2D eigenvalue weighted by Gasteiger charge is -2.13. The second-order valence-electron chi connectivity index (χ2n) is 6.21. The third-order valence-electron chi connectivity index (χ3n) is 4.06. The fourth-order valence-corrected chi connectivity index (χ4v) is 2.69. The molecule has 1 aliphatic rings. The number of rotatable bonds is 5. The van der Waals surface area contributed by atoms with Crippen LogP contribution in [-0.4, -0.2) is 21.0 Å². The SMILES string of the molecule is Cc1ccc(Cl)cc1Nc1cc(-c2cccnc2)nc(NC2CC2)n1. The largest absolute Gasteiger partial charge is 0.351 e. The Kier molecular flexibility index (Phi) is 4.24. The minimum absolute atomic E-state index is 0.477. The Morgan fingerprint density at radius 3 is 2.76 bits per heavy atom. The predicted molar refractivity (Wildman–Crippen MR) is 101 cm³/mol. The molecule has 0 spiro atoms. The summed E-state index contributed by atoms with van der Waals surface area (Å²) in [6, 6.07) is 12.1. The molecule has 2 aromatic heterocycles. The molecule has 1 fully saturated rings. The van der Waals surface area contributed by atoms with Gasteiger partial charge < -0.3 is 10.6 Å². The van der Waals surface area contributed by atoms with Gasteiger partial charge in [0.15, 0.2) is 0 Å². The zero-order chi connectivity index (χ0) is 17.2. The van der Waals surface area contributed by atoms with Gasteiger partial charge in [0.1, 0.15) is 5.82 Å². The first-order valence-corrected chi connectivity index (χ1v) is 8.64. The summed E-state index contributed by atoms with van der Waals surface area (Å²) in [5.41, 5.74) is 3.81. The van der Waals surface area contributed by atoms with Crippen LogP contribution in [0.5, 0.6) is 0 Å². The molecule has 25 heavy (non-hydrogen) atoms. The summed E-state index contributed by atoms with van der Waals surface area (Å²) in [6.07, 6.45) is 5.88. The van der Waals surface area contributed by atoms with Gasteiger partial charge in [-0.05, 0) is 49.6 Å². The third kappa shape index (κ3) is 3.88. The van der Waals surface area contributed by atoms with Crippen molar-refractivity contribution in [3.05, 3.63) is 59.4 Å². The van der Waals surface area contributed by atoms with Crippen LogP contribution < -0.4 is 10.6 Å². The number of halogens is 1.